The minimum atomic E-state index is -0.256. The molecule has 0 heterocycles. The van der Waals surface area contributed by atoms with E-state index in [1.54, 1.807) is 13.8 Å². The van der Waals surface area contributed by atoms with Gasteiger partial charge in [0.2, 0.25) is 0 Å². The first-order chi connectivity index (χ1) is 4.68. The second kappa shape index (κ2) is 5.20. The van der Waals surface area contributed by atoms with Gasteiger partial charge in [0, 0.05) is 13.1 Å². The van der Waals surface area contributed by atoms with Crippen molar-refractivity contribution in [2.45, 2.75) is 13.8 Å². The highest BCUT2D eigenvalue weighted by molar-refractivity contribution is 5.71. The molecule has 0 aliphatic carbocycles. The Hall–Kier alpha value is -0.610. The molecule has 0 atom stereocenters. The van der Waals surface area contributed by atoms with Crippen molar-refractivity contribution in [1.82, 2.24) is 5.48 Å². The van der Waals surface area contributed by atoms with Gasteiger partial charge in [-0.05, 0) is 0 Å². The maximum atomic E-state index is 10.7. The first-order valence-electron chi connectivity index (χ1n) is 3.32. The van der Waals surface area contributed by atoms with Crippen molar-refractivity contribution in [3.8, 4) is 0 Å². The number of hydroxylamine groups is 1. The number of rotatable bonds is 4. The summed E-state index contributed by atoms with van der Waals surface area (Å²) in [5.74, 6) is -0.348. The number of carbonyl (C=O) groups excluding carboxylic acids is 1. The van der Waals surface area contributed by atoms with E-state index in [1.165, 1.54) is 0 Å². The molecule has 0 aromatic rings. The highest BCUT2D eigenvalue weighted by atomic mass is 16.7. The van der Waals surface area contributed by atoms with Crippen LogP contribution in [0.3, 0.4) is 0 Å². The lowest BCUT2D eigenvalue weighted by atomic mass is 10.2. The standard InChI is InChI=1S/C6H14N2O2/c1-5(2)6(9)10-8-4-3-7/h5,8H,3-4,7H2,1-2H3. The minimum Gasteiger partial charge on any atom is -0.370 e. The molecular weight excluding hydrogens is 132 g/mol. The molecule has 4 heteroatoms. The zero-order valence-corrected chi connectivity index (χ0v) is 6.39. The van der Waals surface area contributed by atoms with E-state index in [4.69, 9.17) is 5.73 Å². The second-order valence-electron chi connectivity index (χ2n) is 2.26. The summed E-state index contributed by atoms with van der Waals surface area (Å²) >= 11 is 0. The summed E-state index contributed by atoms with van der Waals surface area (Å²) in [5.41, 5.74) is 7.58. The van der Waals surface area contributed by atoms with Crippen LogP contribution < -0.4 is 11.2 Å². The highest BCUT2D eigenvalue weighted by Gasteiger charge is 2.06. The van der Waals surface area contributed by atoms with Gasteiger partial charge in [0.25, 0.3) is 0 Å². The largest absolute Gasteiger partial charge is 0.370 e. The third-order valence-electron chi connectivity index (χ3n) is 0.891. The average Bonchev–Trinajstić information content (AvgIpc) is 1.88. The van der Waals surface area contributed by atoms with Crippen LogP contribution in [0.5, 0.6) is 0 Å². The van der Waals surface area contributed by atoms with E-state index in [0.29, 0.717) is 13.1 Å². The van der Waals surface area contributed by atoms with Gasteiger partial charge < -0.3 is 10.6 Å². The van der Waals surface area contributed by atoms with Crippen molar-refractivity contribution in [1.29, 1.82) is 0 Å². The Bertz CT molecular complexity index is 104. The summed E-state index contributed by atoms with van der Waals surface area (Å²) < 4.78 is 0. The zero-order chi connectivity index (χ0) is 7.98. The van der Waals surface area contributed by atoms with Crippen molar-refractivity contribution in [3.63, 3.8) is 0 Å². The first kappa shape index (κ1) is 9.39. The van der Waals surface area contributed by atoms with Gasteiger partial charge in [0.05, 0.1) is 5.92 Å². The second-order valence-corrected chi connectivity index (χ2v) is 2.26. The molecule has 0 aliphatic rings. The van der Waals surface area contributed by atoms with Crippen molar-refractivity contribution in [2.75, 3.05) is 13.1 Å². The van der Waals surface area contributed by atoms with Crippen LogP contribution in [-0.4, -0.2) is 19.1 Å². The molecule has 0 rings (SSSR count). The van der Waals surface area contributed by atoms with Gasteiger partial charge in [0.15, 0.2) is 0 Å². The first-order valence-corrected chi connectivity index (χ1v) is 3.32. The summed E-state index contributed by atoms with van der Waals surface area (Å²) in [4.78, 5) is 15.3. The fourth-order valence-corrected chi connectivity index (χ4v) is 0.299. The summed E-state index contributed by atoms with van der Waals surface area (Å²) in [5, 5.41) is 0. The monoisotopic (exact) mass is 146 g/mol. The van der Waals surface area contributed by atoms with Crippen molar-refractivity contribution < 1.29 is 9.63 Å². The number of hydrogen-bond donors (Lipinski definition) is 2. The molecule has 0 bridgehead atoms. The molecule has 0 aliphatic heterocycles. The average molecular weight is 146 g/mol. The molecular formula is C6H14N2O2. The van der Waals surface area contributed by atoms with E-state index in [1.807, 2.05) is 0 Å². The Morgan fingerprint density at radius 1 is 1.70 bits per heavy atom. The molecule has 0 fully saturated rings. The van der Waals surface area contributed by atoms with Crippen LogP contribution in [0, 0.1) is 5.92 Å². The molecule has 3 N–H and O–H groups in total. The predicted octanol–water partition coefficient (Wildman–Crippen LogP) is -0.351. The van der Waals surface area contributed by atoms with Gasteiger partial charge in [0.1, 0.15) is 0 Å². The molecule has 0 aromatic heterocycles. The quantitative estimate of drug-likeness (QED) is 0.420. The van der Waals surface area contributed by atoms with Crippen LogP contribution in [0.15, 0.2) is 0 Å². The third-order valence-corrected chi connectivity index (χ3v) is 0.891. The summed E-state index contributed by atoms with van der Waals surface area (Å²) in [6.07, 6.45) is 0. The zero-order valence-electron chi connectivity index (χ0n) is 6.39. The van der Waals surface area contributed by atoms with Gasteiger partial charge in [-0.3, -0.25) is 4.79 Å². The molecule has 0 spiro atoms. The third kappa shape index (κ3) is 4.29. The molecule has 0 unspecified atom stereocenters. The maximum Gasteiger partial charge on any atom is 0.327 e. The van der Waals surface area contributed by atoms with E-state index >= 15 is 0 Å². The Morgan fingerprint density at radius 2 is 2.30 bits per heavy atom. The van der Waals surface area contributed by atoms with E-state index < -0.39 is 0 Å². The number of nitrogens with one attached hydrogen (secondary N) is 1. The van der Waals surface area contributed by atoms with Crippen LogP contribution in [0.1, 0.15) is 13.8 Å². The van der Waals surface area contributed by atoms with Crippen LogP contribution in [-0.2, 0) is 9.63 Å². The minimum absolute atomic E-state index is 0.0923. The van der Waals surface area contributed by atoms with Gasteiger partial charge in [-0.25, -0.2) is 0 Å². The maximum absolute atomic E-state index is 10.7. The molecule has 60 valence electrons. The van der Waals surface area contributed by atoms with E-state index in [0.717, 1.165) is 0 Å². The summed E-state index contributed by atoms with van der Waals surface area (Å²) in [7, 11) is 0. The Labute approximate surface area is 60.7 Å². The molecule has 0 radical (unpaired) electrons. The van der Waals surface area contributed by atoms with Crippen LogP contribution in [0.4, 0.5) is 0 Å². The fraction of sp³-hybridized carbons (Fsp3) is 0.833. The Balaban J connectivity index is 3.22. The molecule has 0 saturated heterocycles. The highest BCUT2D eigenvalue weighted by Crippen LogP contribution is 1.92. The van der Waals surface area contributed by atoms with Crippen molar-refractivity contribution in [3.05, 3.63) is 0 Å². The fourth-order valence-electron chi connectivity index (χ4n) is 0.299. The predicted molar refractivity (Wildman–Crippen MR) is 38.0 cm³/mol. The Morgan fingerprint density at radius 3 is 2.70 bits per heavy atom. The van der Waals surface area contributed by atoms with Crippen molar-refractivity contribution in [2.24, 2.45) is 11.7 Å². The van der Waals surface area contributed by atoms with E-state index in [9.17, 15) is 4.79 Å². The lowest BCUT2D eigenvalue weighted by Crippen LogP contribution is -2.27. The normalized spacial score (nSPS) is 10.0. The molecule has 0 amide bonds. The lowest BCUT2D eigenvalue weighted by molar-refractivity contribution is -0.154. The van der Waals surface area contributed by atoms with E-state index in [-0.39, 0.29) is 11.9 Å². The van der Waals surface area contributed by atoms with Gasteiger partial charge in [-0.2, -0.15) is 5.48 Å². The SMILES string of the molecule is CC(C)C(=O)ONCCN. The molecule has 4 nitrogen and oxygen atoms in total. The van der Waals surface area contributed by atoms with Crippen LogP contribution in [0.25, 0.3) is 0 Å². The van der Waals surface area contributed by atoms with E-state index in [2.05, 4.69) is 10.3 Å². The molecule has 10 heavy (non-hydrogen) atoms. The van der Waals surface area contributed by atoms with Crippen molar-refractivity contribution >= 4 is 5.97 Å². The Kier molecular flexibility index (Phi) is 4.88. The number of carbonyl (C=O) groups is 1. The van der Waals surface area contributed by atoms with Gasteiger partial charge >= 0.3 is 5.97 Å². The van der Waals surface area contributed by atoms with Gasteiger partial charge in [-0.1, -0.05) is 13.8 Å². The topological polar surface area (TPSA) is 64.3 Å². The summed E-state index contributed by atoms with van der Waals surface area (Å²) in [6.45, 7) is 4.50. The lowest BCUT2D eigenvalue weighted by Gasteiger charge is -2.05. The smallest absolute Gasteiger partial charge is 0.327 e. The molecule has 0 aromatic carbocycles. The summed E-state index contributed by atoms with van der Waals surface area (Å²) in [6, 6.07) is 0. The van der Waals surface area contributed by atoms with Gasteiger partial charge in [-0.15, -0.1) is 0 Å². The molecule has 0 saturated carbocycles. The number of nitrogens with two attached hydrogens (primary N) is 1. The van der Waals surface area contributed by atoms with Crippen LogP contribution in [0.2, 0.25) is 0 Å². The van der Waals surface area contributed by atoms with Crippen LogP contribution >= 0.6 is 0 Å². The number of hydrogen-bond acceptors (Lipinski definition) is 4.